The third-order valence-electron chi connectivity index (χ3n) is 5.89. The van der Waals surface area contributed by atoms with E-state index in [2.05, 4.69) is 14.6 Å². The summed E-state index contributed by atoms with van der Waals surface area (Å²) in [5.41, 5.74) is 1.03. The van der Waals surface area contributed by atoms with E-state index < -0.39 is 19.9 Å². The standard InChI is InChI=1S/C23H24N6O7S/c1-36-23-8-5-18(15-24-23)25-37(34,35)20-6-7-21(22(14-20)29(32)33)27-11-9-26(10-12-27)16-17-3-2-4-19(13-17)28(30)31/h2-8,13-15,25H,9-12,16H2,1H3. The number of methoxy groups -OCH3 is 1. The number of benzene rings is 2. The maximum Gasteiger partial charge on any atom is 0.293 e. The number of hydrogen-bond acceptors (Lipinski definition) is 10. The fourth-order valence-corrected chi connectivity index (χ4v) is 5.10. The Hall–Kier alpha value is -4.30. The molecule has 3 aromatic rings. The van der Waals surface area contributed by atoms with Crippen molar-refractivity contribution in [3.05, 3.63) is 86.6 Å². The predicted molar refractivity (Wildman–Crippen MR) is 135 cm³/mol. The molecular weight excluding hydrogens is 504 g/mol. The number of rotatable bonds is 9. The Balaban J connectivity index is 1.46. The van der Waals surface area contributed by atoms with Gasteiger partial charge in [0.2, 0.25) is 5.88 Å². The van der Waals surface area contributed by atoms with Crippen LogP contribution in [0, 0.1) is 20.2 Å². The summed E-state index contributed by atoms with van der Waals surface area (Å²) in [4.78, 5) is 29.5. The number of piperazine rings is 1. The molecule has 1 N–H and O–H groups in total. The average molecular weight is 529 g/mol. The molecule has 13 nitrogen and oxygen atoms in total. The van der Waals surface area contributed by atoms with E-state index in [0.717, 1.165) is 11.6 Å². The van der Waals surface area contributed by atoms with Gasteiger partial charge in [0.25, 0.3) is 21.4 Å². The second-order valence-corrected chi connectivity index (χ2v) is 9.97. The van der Waals surface area contributed by atoms with Crippen LogP contribution in [-0.2, 0) is 16.6 Å². The van der Waals surface area contributed by atoms with E-state index in [0.29, 0.717) is 44.3 Å². The Kier molecular flexibility index (Phi) is 7.50. The molecule has 0 saturated carbocycles. The van der Waals surface area contributed by atoms with Crippen LogP contribution in [0.1, 0.15) is 5.56 Å². The van der Waals surface area contributed by atoms with E-state index in [9.17, 15) is 28.6 Å². The number of ether oxygens (including phenoxy) is 1. The highest BCUT2D eigenvalue weighted by molar-refractivity contribution is 7.92. The molecule has 1 aromatic heterocycles. The Bertz CT molecular complexity index is 1410. The summed E-state index contributed by atoms with van der Waals surface area (Å²) in [5.74, 6) is 0.313. The van der Waals surface area contributed by atoms with E-state index in [1.54, 1.807) is 6.07 Å². The molecule has 1 aliphatic rings. The van der Waals surface area contributed by atoms with Crippen molar-refractivity contribution in [1.29, 1.82) is 0 Å². The van der Waals surface area contributed by atoms with Crippen LogP contribution in [0.5, 0.6) is 5.88 Å². The van der Waals surface area contributed by atoms with Crippen molar-refractivity contribution in [3.8, 4) is 5.88 Å². The summed E-state index contributed by atoms with van der Waals surface area (Å²) in [6.07, 6.45) is 1.28. The van der Waals surface area contributed by atoms with Gasteiger partial charge in [0, 0.05) is 57.0 Å². The minimum Gasteiger partial charge on any atom is -0.481 e. The lowest BCUT2D eigenvalue weighted by atomic mass is 10.1. The fraction of sp³-hybridized carbons (Fsp3) is 0.261. The summed E-state index contributed by atoms with van der Waals surface area (Å²) in [6.45, 7) is 2.60. The fourth-order valence-electron chi connectivity index (χ4n) is 4.03. The molecule has 37 heavy (non-hydrogen) atoms. The van der Waals surface area contributed by atoms with Gasteiger partial charge in [-0.2, -0.15) is 0 Å². The third-order valence-corrected chi connectivity index (χ3v) is 7.27. The van der Waals surface area contributed by atoms with Gasteiger partial charge in [-0.25, -0.2) is 13.4 Å². The number of non-ortho nitro benzene ring substituents is 1. The van der Waals surface area contributed by atoms with Crippen LogP contribution in [-0.4, -0.2) is 61.4 Å². The van der Waals surface area contributed by atoms with Crippen LogP contribution in [0.2, 0.25) is 0 Å². The molecular formula is C23H24N6O7S. The molecule has 0 radical (unpaired) electrons. The Morgan fingerprint density at radius 1 is 1.00 bits per heavy atom. The highest BCUT2D eigenvalue weighted by Crippen LogP contribution is 2.32. The molecule has 0 atom stereocenters. The Morgan fingerprint density at radius 3 is 2.38 bits per heavy atom. The molecule has 4 rings (SSSR count). The summed E-state index contributed by atoms with van der Waals surface area (Å²) >= 11 is 0. The summed E-state index contributed by atoms with van der Waals surface area (Å²) in [6, 6.07) is 13.2. The molecule has 1 aliphatic heterocycles. The molecule has 1 fully saturated rings. The first-order valence-electron chi connectivity index (χ1n) is 11.2. The van der Waals surface area contributed by atoms with Gasteiger partial charge in [-0.3, -0.25) is 29.9 Å². The van der Waals surface area contributed by atoms with Gasteiger partial charge in [0.05, 0.1) is 33.7 Å². The monoisotopic (exact) mass is 528 g/mol. The number of aromatic nitrogens is 1. The average Bonchev–Trinajstić information content (AvgIpc) is 2.89. The molecule has 2 aromatic carbocycles. The van der Waals surface area contributed by atoms with E-state index >= 15 is 0 Å². The van der Waals surface area contributed by atoms with Crippen molar-refractivity contribution in [2.45, 2.75) is 11.4 Å². The number of pyridine rings is 1. The van der Waals surface area contributed by atoms with Crippen LogP contribution >= 0.6 is 0 Å². The number of nitrogens with zero attached hydrogens (tertiary/aromatic N) is 5. The number of nitrogens with one attached hydrogen (secondary N) is 1. The first-order chi connectivity index (χ1) is 17.7. The topological polar surface area (TPSA) is 161 Å². The summed E-state index contributed by atoms with van der Waals surface area (Å²) in [7, 11) is -2.66. The van der Waals surface area contributed by atoms with E-state index in [1.165, 1.54) is 49.7 Å². The first-order valence-corrected chi connectivity index (χ1v) is 12.7. The van der Waals surface area contributed by atoms with Crippen LogP contribution in [0.25, 0.3) is 0 Å². The highest BCUT2D eigenvalue weighted by Gasteiger charge is 2.27. The zero-order valence-electron chi connectivity index (χ0n) is 19.8. The number of anilines is 2. The van der Waals surface area contributed by atoms with Crippen LogP contribution < -0.4 is 14.4 Å². The molecule has 0 spiro atoms. The van der Waals surface area contributed by atoms with Crippen LogP contribution in [0.15, 0.2) is 65.7 Å². The SMILES string of the molecule is COc1ccc(NS(=O)(=O)c2ccc(N3CCN(Cc4cccc([N+](=O)[O-])c4)CC3)c([N+](=O)[O-])c2)cn1. The number of nitro benzene ring substituents is 2. The van der Waals surface area contributed by atoms with Crippen LogP contribution in [0.3, 0.4) is 0 Å². The largest absolute Gasteiger partial charge is 0.481 e. The smallest absolute Gasteiger partial charge is 0.293 e. The third kappa shape index (κ3) is 6.10. The zero-order chi connectivity index (χ0) is 26.6. The minimum absolute atomic E-state index is 0.0274. The number of sulfonamides is 1. The minimum atomic E-state index is -4.10. The lowest BCUT2D eigenvalue weighted by Crippen LogP contribution is -2.46. The van der Waals surface area contributed by atoms with Gasteiger partial charge >= 0.3 is 0 Å². The maximum absolute atomic E-state index is 12.8. The number of hydrogen-bond donors (Lipinski definition) is 1. The molecule has 2 heterocycles. The van der Waals surface area contributed by atoms with Crippen molar-refractivity contribution in [3.63, 3.8) is 0 Å². The van der Waals surface area contributed by atoms with Gasteiger partial charge in [0.1, 0.15) is 5.69 Å². The van der Waals surface area contributed by atoms with E-state index in [1.807, 2.05) is 11.0 Å². The second kappa shape index (κ2) is 10.8. The van der Waals surface area contributed by atoms with Crippen molar-refractivity contribution < 1.29 is 23.0 Å². The van der Waals surface area contributed by atoms with Gasteiger partial charge in [-0.1, -0.05) is 12.1 Å². The van der Waals surface area contributed by atoms with Gasteiger partial charge in [0.15, 0.2) is 0 Å². The summed E-state index contributed by atoms with van der Waals surface area (Å²) in [5, 5.41) is 22.9. The Labute approximate surface area is 212 Å². The highest BCUT2D eigenvalue weighted by atomic mass is 32.2. The van der Waals surface area contributed by atoms with Crippen molar-refractivity contribution in [2.75, 3.05) is 42.9 Å². The van der Waals surface area contributed by atoms with Crippen molar-refractivity contribution >= 4 is 32.8 Å². The normalized spacial score (nSPS) is 14.2. The molecule has 194 valence electrons. The second-order valence-electron chi connectivity index (χ2n) is 8.29. The molecule has 14 heteroatoms. The molecule has 0 bridgehead atoms. The zero-order valence-corrected chi connectivity index (χ0v) is 20.6. The van der Waals surface area contributed by atoms with Crippen molar-refractivity contribution in [1.82, 2.24) is 9.88 Å². The molecule has 0 amide bonds. The van der Waals surface area contributed by atoms with Gasteiger partial charge < -0.3 is 9.64 Å². The molecule has 0 unspecified atom stereocenters. The van der Waals surface area contributed by atoms with E-state index in [4.69, 9.17) is 4.74 Å². The number of nitro groups is 2. The van der Waals surface area contributed by atoms with Crippen molar-refractivity contribution in [2.24, 2.45) is 0 Å². The maximum atomic E-state index is 12.8. The van der Waals surface area contributed by atoms with E-state index in [-0.39, 0.29) is 22.0 Å². The molecule has 1 saturated heterocycles. The lowest BCUT2D eigenvalue weighted by Gasteiger charge is -2.35. The first kappa shape index (κ1) is 25.8. The quantitative estimate of drug-likeness (QED) is 0.323. The molecule has 0 aliphatic carbocycles. The lowest BCUT2D eigenvalue weighted by molar-refractivity contribution is -0.385. The Morgan fingerprint density at radius 2 is 1.76 bits per heavy atom. The van der Waals surface area contributed by atoms with Gasteiger partial charge in [-0.15, -0.1) is 0 Å². The van der Waals surface area contributed by atoms with Crippen LogP contribution in [0.4, 0.5) is 22.7 Å². The summed E-state index contributed by atoms with van der Waals surface area (Å²) < 4.78 is 33.0. The van der Waals surface area contributed by atoms with Gasteiger partial charge in [-0.05, 0) is 23.8 Å². The predicted octanol–water partition coefficient (Wildman–Crippen LogP) is 3.03.